The van der Waals surface area contributed by atoms with Crippen molar-refractivity contribution in [3.05, 3.63) is 40.2 Å². The number of pyridine rings is 1. The Morgan fingerprint density at radius 1 is 1.40 bits per heavy atom. The van der Waals surface area contributed by atoms with Gasteiger partial charge in [-0.3, -0.25) is 0 Å². The van der Waals surface area contributed by atoms with Crippen LogP contribution in [0.3, 0.4) is 0 Å². The number of nitrogens with zero attached hydrogens (tertiary/aromatic N) is 1. The van der Waals surface area contributed by atoms with Gasteiger partial charge in [-0.2, -0.15) is 0 Å². The molecule has 0 aliphatic rings. The van der Waals surface area contributed by atoms with Crippen LogP contribution in [0.25, 0.3) is 10.9 Å². The maximum absolute atomic E-state index is 13.5. The van der Waals surface area contributed by atoms with Gasteiger partial charge in [0.05, 0.1) is 5.52 Å². The summed E-state index contributed by atoms with van der Waals surface area (Å²) in [5.41, 5.74) is 0.0932. The van der Waals surface area contributed by atoms with Gasteiger partial charge in [0.1, 0.15) is 10.2 Å². The molecule has 5 heteroatoms. The average Bonchev–Trinajstić information content (AvgIpc) is 2.19. The molecule has 0 atom stereocenters. The van der Waals surface area contributed by atoms with Gasteiger partial charge in [-0.1, -0.05) is 18.2 Å². The summed E-state index contributed by atoms with van der Waals surface area (Å²) in [7, 11) is 0. The average molecular weight is 270 g/mol. The fourth-order valence-corrected chi connectivity index (χ4v) is 1.76. The molecule has 0 bridgehead atoms. The lowest BCUT2D eigenvalue weighted by molar-refractivity contribution is 0.0694. The monoisotopic (exact) mass is 269 g/mol. The molecule has 0 amide bonds. The molecule has 0 saturated heterocycles. The van der Waals surface area contributed by atoms with Crippen LogP contribution >= 0.6 is 15.9 Å². The van der Waals surface area contributed by atoms with Crippen molar-refractivity contribution in [3.63, 3.8) is 0 Å². The summed E-state index contributed by atoms with van der Waals surface area (Å²) in [5.74, 6) is -2.15. The first-order valence-electron chi connectivity index (χ1n) is 4.08. The van der Waals surface area contributed by atoms with E-state index in [1.807, 2.05) is 0 Å². The van der Waals surface area contributed by atoms with E-state index in [0.717, 1.165) is 0 Å². The Morgan fingerprint density at radius 2 is 2.07 bits per heavy atom. The number of halogens is 2. The molecule has 2 aromatic rings. The number of aromatic carboxylic acids is 1. The molecule has 15 heavy (non-hydrogen) atoms. The van der Waals surface area contributed by atoms with Gasteiger partial charge in [-0.05, 0) is 22.0 Å². The minimum atomic E-state index is -1.30. The number of rotatable bonds is 1. The molecule has 76 valence electrons. The summed E-state index contributed by atoms with van der Waals surface area (Å²) in [6, 6.07) is 6.52. The van der Waals surface area contributed by atoms with Crippen LogP contribution < -0.4 is 0 Å². The Labute approximate surface area is 92.7 Å². The lowest BCUT2D eigenvalue weighted by Crippen LogP contribution is -2.04. The highest BCUT2D eigenvalue weighted by Crippen LogP contribution is 2.25. The quantitative estimate of drug-likeness (QED) is 0.810. The van der Waals surface area contributed by atoms with Crippen LogP contribution in [0.5, 0.6) is 0 Å². The van der Waals surface area contributed by atoms with Crippen LogP contribution in [-0.4, -0.2) is 16.1 Å². The third kappa shape index (κ3) is 1.59. The largest absolute Gasteiger partial charge is 0.478 e. The van der Waals surface area contributed by atoms with E-state index in [9.17, 15) is 9.18 Å². The number of benzene rings is 1. The molecule has 1 aromatic carbocycles. The lowest BCUT2D eigenvalue weighted by Gasteiger charge is -2.04. The molecular weight excluding hydrogens is 265 g/mol. The number of para-hydroxylation sites is 1. The Balaban J connectivity index is 2.95. The number of hydrogen-bond acceptors (Lipinski definition) is 2. The number of aromatic nitrogens is 1. The maximum atomic E-state index is 13.5. The van der Waals surface area contributed by atoms with Crippen molar-refractivity contribution in [3.8, 4) is 0 Å². The first-order valence-corrected chi connectivity index (χ1v) is 4.87. The lowest BCUT2D eigenvalue weighted by atomic mass is 10.1. The molecule has 0 fully saturated rings. The second kappa shape index (κ2) is 3.58. The maximum Gasteiger partial charge on any atom is 0.339 e. The van der Waals surface area contributed by atoms with Gasteiger partial charge < -0.3 is 5.11 Å². The molecular formula is C10H5BrFNO2. The summed E-state index contributed by atoms with van der Waals surface area (Å²) in [6.45, 7) is 0. The zero-order valence-corrected chi connectivity index (χ0v) is 8.95. The minimum absolute atomic E-state index is 0.0846. The fraction of sp³-hybridized carbons (Fsp3) is 0. The van der Waals surface area contributed by atoms with Gasteiger partial charge in [0.15, 0.2) is 5.82 Å². The Morgan fingerprint density at radius 3 is 2.73 bits per heavy atom. The molecule has 0 aliphatic carbocycles. The minimum Gasteiger partial charge on any atom is -0.478 e. The number of carbonyl (C=O) groups is 1. The zero-order valence-electron chi connectivity index (χ0n) is 7.37. The van der Waals surface area contributed by atoms with Crippen LogP contribution in [0.1, 0.15) is 10.4 Å². The van der Waals surface area contributed by atoms with Crippen LogP contribution in [0, 0.1) is 5.82 Å². The van der Waals surface area contributed by atoms with Gasteiger partial charge in [-0.15, -0.1) is 0 Å². The molecule has 1 N–H and O–H groups in total. The van der Waals surface area contributed by atoms with E-state index in [1.165, 1.54) is 6.07 Å². The second-order valence-corrected chi connectivity index (χ2v) is 3.67. The van der Waals surface area contributed by atoms with Gasteiger partial charge in [0.2, 0.25) is 0 Å². The molecule has 1 aromatic heterocycles. The van der Waals surface area contributed by atoms with Gasteiger partial charge in [-0.25, -0.2) is 14.2 Å². The molecule has 0 spiro atoms. The van der Waals surface area contributed by atoms with Gasteiger partial charge in [0, 0.05) is 5.39 Å². The topological polar surface area (TPSA) is 50.2 Å². The molecule has 1 heterocycles. The first-order chi connectivity index (χ1) is 7.11. The molecule has 0 aliphatic heterocycles. The van der Waals surface area contributed by atoms with E-state index in [1.54, 1.807) is 18.2 Å². The standard InChI is InChI=1S/C10H5BrFNO2/c11-9-8(12)7(10(14)15)5-3-1-2-4-6(5)13-9/h1-4H,(H,14,15). The van der Waals surface area contributed by atoms with Crippen molar-refractivity contribution in [2.24, 2.45) is 0 Å². The van der Waals surface area contributed by atoms with Crippen molar-refractivity contribution < 1.29 is 14.3 Å². The summed E-state index contributed by atoms with van der Waals surface area (Å²) in [5, 5.41) is 9.20. The van der Waals surface area contributed by atoms with Crippen molar-refractivity contribution >= 4 is 32.8 Å². The molecule has 2 rings (SSSR count). The molecule has 3 nitrogen and oxygen atoms in total. The Kier molecular flexibility index (Phi) is 2.40. The van der Waals surface area contributed by atoms with E-state index < -0.39 is 11.8 Å². The first kappa shape index (κ1) is 10.0. The highest BCUT2D eigenvalue weighted by Gasteiger charge is 2.18. The summed E-state index contributed by atoms with van der Waals surface area (Å²) >= 11 is 2.89. The predicted octanol–water partition coefficient (Wildman–Crippen LogP) is 2.83. The van der Waals surface area contributed by atoms with Crippen molar-refractivity contribution in [1.29, 1.82) is 0 Å². The highest BCUT2D eigenvalue weighted by molar-refractivity contribution is 9.10. The van der Waals surface area contributed by atoms with Crippen LogP contribution in [0.2, 0.25) is 0 Å². The smallest absolute Gasteiger partial charge is 0.339 e. The van der Waals surface area contributed by atoms with Crippen molar-refractivity contribution in [1.82, 2.24) is 4.98 Å². The third-order valence-corrected chi connectivity index (χ3v) is 2.53. The normalized spacial score (nSPS) is 10.5. The van der Waals surface area contributed by atoms with E-state index in [0.29, 0.717) is 10.9 Å². The van der Waals surface area contributed by atoms with E-state index in [-0.39, 0.29) is 10.2 Å². The van der Waals surface area contributed by atoms with E-state index >= 15 is 0 Å². The number of fused-ring (bicyclic) bond motifs is 1. The Bertz CT molecular complexity index is 556. The molecule has 0 radical (unpaired) electrons. The fourth-order valence-electron chi connectivity index (χ4n) is 1.37. The molecule has 0 saturated carbocycles. The summed E-state index contributed by atoms with van der Waals surface area (Å²) in [6.07, 6.45) is 0. The second-order valence-electron chi connectivity index (χ2n) is 2.91. The number of hydrogen-bond donors (Lipinski definition) is 1. The van der Waals surface area contributed by atoms with Crippen LogP contribution in [0.4, 0.5) is 4.39 Å². The van der Waals surface area contributed by atoms with Crippen LogP contribution in [-0.2, 0) is 0 Å². The van der Waals surface area contributed by atoms with Gasteiger partial charge >= 0.3 is 5.97 Å². The predicted molar refractivity (Wildman–Crippen MR) is 56.4 cm³/mol. The Hall–Kier alpha value is -1.49. The summed E-state index contributed by atoms with van der Waals surface area (Å²) in [4.78, 5) is 14.8. The number of carboxylic acid groups (broad SMARTS) is 1. The highest BCUT2D eigenvalue weighted by atomic mass is 79.9. The number of carboxylic acids is 1. The summed E-state index contributed by atoms with van der Waals surface area (Å²) < 4.78 is 13.4. The van der Waals surface area contributed by atoms with E-state index in [2.05, 4.69) is 20.9 Å². The van der Waals surface area contributed by atoms with Gasteiger partial charge in [0.25, 0.3) is 0 Å². The zero-order chi connectivity index (χ0) is 11.0. The third-order valence-electron chi connectivity index (χ3n) is 2.01. The molecule has 0 unspecified atom stereocenters. The van der Waals surface area contributed by atoms with Crippen LogP contribution in [0.15, 0.2) is 28.9 Å². The SMILES string of the molecule is O=C(O)c1c(F)c(Br)nc2ccccc12. The van der Waals surface area contributed by atoms with E-state index in [4.69, 9.17) is 5.11 Å². The van der Waals surface area contributed by atoms with Crippen molar-refractivity contribution in [2.75, 3.05) is 0 Å². The van der Waals surface area contributed by atoms with Crippen molar-refractivity contribution in [2.45, 2.75) is 0 Å².